The third kappa shape index (κ3) is 270. The van der Waals surface area contributed by atoms with E-state index in [4.69, 9.17) is 9.90 Å². The first kappa shape index (κ1) is 9.71. The van der Waals surface area contributed by atoms with Gasteiger partial charge in [0, 0.05) is 11.6 Å². The molecule has 0 radical (unpaired) electrons. The Morgan fingerprint density at radius 2 is 2.00 bits per heavy atom. The predicted octanol–water partition coefficient (Wildman–Crippen LogP) is 2.10. The Balaban J connectivity index is 0. The summed E-state index contributed by atoms with van der Waals surface area (Å²) in [6.07, 6.45) is 1.75. The van der Waals surface area contributed by atoms with Crippen LogP contribution in [0.2, 0.25) is 0 Å². The maximum Gasteiger partial charge on any atom is 0.401 e. The first-order valence-corrected chi connectivity index (χ1v) is 1.98. The average molecular weight is 123 g/mol. The topological polar surface area (TPSA) is 37.3 Å². The molecular weight excluding hydrogens is 115 g/mol. The first-order chi connectivity index (χ1) is 3.15. The number of hydrogen-bond acceptors (Lipinski definition) is 1. The lowest BCUT2D eigenvalue weighted by atomic mass is 10.8. The Morgan fingerprint density at radius 3 is 2.00 bits per heavy atom. The van der Waals surface area contributed by atoms with Gasteiger partial charge >= 0.3 is 5.43 Å². The largest absolute Gasteiger partial charge is 0.469 e. The van der Waals surface area contributed by atoms with Gasteiger partial charge in [0.15, 0.2) is 0 Å². The van der Waals surface area contributed by atoms with Crippen molar-refractivity contribution in [2.75, 3.05) is 0 Å². The summed E-state index contributed by atoms with van der Waals surface area (Å²) < 4.78 is 0. The lowest BCUT2D eigenvalue weighted by Gasteiger charge is -1.55. The van der Waals surface area contributed by atoms with Gasteiger partial charge in [0.2, 0.25) is 0 Å². The Kier molecular flexibility index (Phi) is 12.6. The van der Waals surface area contributed by atoms with Crippen molar-refractivity contribution in [2.45, 2.75) is 6.92 Å². The molecule has 0 aliphatic heterocycles. The van der Waals surface area contributed by atoms with Crippen molar-refractivity contribution in [1.82, 2.24) is 0 Å². The highest BCUT2D eigenvalue weighted by molar-refractivity contribution is 6.60. The molecule has 0 rings (SSSR count). The zero-order valence-corrected chi connectivity index (χ0v) is 4.77. The SMILES string of the molecule is C=CC.O=C(O)Cl. The second-order valence-corrected chi connectivity index (χ2v) is 0.985. The highest BCUT2D eigenvalue weighted by Crippen LogP contribution is 1.67. The summed E-state index contributed by atoms with van der Waals surface area (Å²) in [5, 5.41) is 7.18. The Hall–Kier alpha value is -0.500. The van der Waals surface area contributed by atoms with E-state index in [1.807, 2.05) is 6.92 Å². The van der Waals surface area contributed by atoms with E-state index < -0.39 is 5.43 Å². The lowest BCUT2D eigenvalue weighted by molar-refractivity contribution is 0.220. The maximum atomic E-state index is 8.77. The Labute approximate surface area is 47.4 Å². The molecule has 0 aliphatic rings. The van der Waals surface area contributed by atoms with Crippen LogP contribution in [0, 0.1) is 0 Å². The second kappa shape index (κ2) is 9.09. The summed E-state index contributed by atoms with van der Waals surface area (Å²) in [4.78, 5) is 8.77. The summed E-state index contributed by atoms with van der Waals surface area (Å²) in [6, 6.07) is 0. The van der Waals surface area contributed by atoms with Gasteiger partial charge in [0.05, 0.1) is 0 Å². The standard InChI is InChI=1S/C3H6.CHClO2/c1-3-2;2-1(3)4/h3H,1H2,2H3;(H,3,4). The molecule has 0 aromatic rings. The van der Waals surface area contributed by atoms with Gasteiger partial charge in [-0.1, -0.05) is 6.08 Å². The van der Waals surface area contributed by atoms with E-state index in [9.17, 15) is 0 Å². The molecule has 42 valence electrons. The third-order valence-corrected chi connectivity index (χ3v) is 0. The normalized spacial score (nSPS) is 5.43. The minimum absolute atomic E-state index is 1.36. The smallest absolute Gasteiger partial charge is 0.401 e. The highest BCUT2D eigenvalue weighted by atomic mass is 35.5. The highest BCUT2D eigenvalue weighted by Gasteiger charge is 1.71. The van der Waals surface area contributed by atoms with Crippen molar-refractivity contribution >= 4 is 17.0 Å². The van der Waals surface area contributed by atoms with Crippen molar-refractivity contribution in [3.63, 3.8) is 0 Å². The first-order valence-electron chi connectivity index (χ1n) is 1.60. The molecule has 0 amide bonds. The zero-order chi connectivity index (χ0) is 6.28. The Bertz CT molecular complexity index is 56.7. The fourth-order valence-electron chi connectivity index (χ4n) is 0. The molecule has 7 heavy (non-hydrogen) atoms. The summed E-state index contributed by atoms with van der Waals surface area (Å²) >= 11 is 4.19. The van der Waals surface area contributed by atoms with Gasteiger partial charge in [0.1, 0.15) is 0 Å². The molecule has 3 heteroatoms. The van der Waals surface area contributed by atoms with Crippen LogP contribution in [0.5, 0.6) is 0 Å². The number of allylic oxidation sites excluding steroid dienone is 1. The van der Waals surface area contributed by atoms with Gasteiger partial charge in [-0.3, -0.25) is 0 Å². The minimum atomic E-state index is -1.36. The molecule has 0 atom stereocenters. The van der Waals surface area contributed by atoms with E-state index in [0.29, 0.717) is 0 Å². The molecule has 1 N–H and O–H groups in total. The van der Waals surface area contributed by atoms with E-state index in [1.54, 1.807) is 6.08 Å². The van der Waals surface area contributed by atoms with Gasteiger partial charge in [-0.25, -0.2) is 4.79 Å². The molecule has 0 aromatic heterocycles. The van der Waals surface area contributed by atoms with Crippen LogP contribution in [0.15, 0.2) is 12.7 Å². The molecule has 0 unspecified atom stereocenters. The van der Waals surface area contributed by atoms with Gasteiger partial charge in [-0.15, -0.1) is 6.58 Å². The third-order valence-electron chi connectivity index (χ3n) is 0. The monoisotopic (exact) mass is 122 g/mol. The molecule has 0 saturated carbocycles. The van der Waals surface area contributed by atoms with Crippen molar-refractivity contribution < 1.29 is 9.90 Å². The van der Waals surface area contributed by atoms with E-state index in [2.05, 4.69) is 18.2 Å². The van der Waals surface area contributed by atoms with Crippen LogP contribution in [0.3, 0.4) is 0 Å². The molecule has 0 spiro atoms. The molecule has 0 fully saturated rings. The summed E-state index contributed by atoms with van der Waals surface area (Å²) in [5.41, 5.74) is -1.36. The molecule has 2 nitrogen and oxygen atoms in total. The summed E-state index contributed by atoms with van der Waals surface area (Å²) in [5.74, 6) is 0. The van der Waals surface area contributed by atoms with Gasteiger partial charge in [-0.2, -0.15) is 0 Å². The molecule has 0 heterocycles. The quantitative estimate of drug-likeness (QED) is 0.395. The molecule has 0 bridgehead atoms. The number of hydrogen-bond donors (Lipinski definition) is 1. The zero-order valence-electron chi connectivity index (χ0n) is 4.02. The van der Waals surface area contributed by atoms with Crippen molar-refractivity contribution in [1.29, 1.82) is 0 Å². The fraction of sp³-hybridized carbons (Fsp3) is 0.250. The van der Waals surface area contributed by atoms with Crippen LogP contribution in [0.1, 0.15) is 6.92 Å². The van der Waals surface area contributed by atoms with Gasteiger partial charge < -0.3 is 5.11 Å². The van der Waals surface area contributed by atoms with Crippen molar-refractivity contribution in [3.8, 4) is 0 Å². The van der Waals surface area contributed by atoms with E-state index in [1.165, 1.54) is 0 Å². The average Bonchev–Trinajstić information content (AvgIpc) is 1.33. The molecule has 0 aliphatic carbocycles. The summed E-state index contributed by atoms with van der Waals surface area (Å²) in [7, 11) is 0. The van der Waals surface area contributed by atoms with Gasteiger partial charge in [0.25, 0.3) is 0 Å². The lowest BCUT2D eigenvalue weighted by Crippen LogP contribution is -1.66. The predicted molar refractivity (Wildman–Crippen MR) is 29.7 cm³/mol. The summed E-state index contributed by atoms with van der Waals surface area (Å²) in [6.45, 7) is 5.25. The van der Waals surface area contributed by atoms with Crippen LogP contribution in [0.4, 0.5) is 4.79 Å². The van der Waals surface area contributed by atoms with Crippen LogP contribution in [-0.4, -0.2) is 10.5 Å². The van der Waals surface area contributed by atoms with Crippen molar-refractivity contribution in [3.05, 3.63) is 12.7 Å². The number of rotatable bonds is 0. The van der Waals surface area contributed by atoms with Crippen LogP contribution in [0.25, 0.3) is 0 Å². The van der Waals surface area contributed by atoms with E-state index in [0.717, 1.165) is 0 Å². The molecule has 0 aromatic carbocycles. The number of carboxylic acid groups (broad SMARTS) is 1. The van der Waals surface area contributed by atoms with Gasteiger partial charge in [-0.05, 0) is 6.92 Å². The van der Waals surface area contributed by atoms with Crippen LogP contribution >= 0.6 is 11.6 Å². The maximum absolute atomic E-state index is 8.77. The van der Waals surface area contributed by atoms with E-state index in [-0.39, 0.29) is 0 Å². The fourth-order valence-corrected chi connectivity index (χ4v) is 0. The van der Waals surface area contributed by atoms with Crippen molar-refractivity contribution in [2.24, 2.45) is 0 Å². The number of halogens is 1. The minimum Gasteiger partial charge on any atom is -0.469 e. The Morgan fingerprint density at radius 1 is 2.00 bits per heavy atom. The number of carbonyl (C=O) groups is 1. The van der Waals surface area contributed by atoms with Crippen LogP contribution in [-0.2, 0) is 0 Å². The molecule has 0 saturated heterocycles. The molecular formula is C4H7ClO2. The van der Waals surface area contributed by atoms with Crippen LogP contribution < -0.4 is 0 Å². The van der Waals surface area contributed by atoms with E-state index >= 15 is 0 Å². The second-order valence-electron chi connectivity index (χ2n) is 0.661.